The van der Waals surface area contributed by atoms with Crippen molar-refractivity contribution in [2.24, 2.45) is 0 Å². The highest BCUT2D eigenvalue weighted by Gasteiger charge is 2.24. The molecule has 0 N–H and O–H groups in total. The van der Waals surface area contributed by atoms with Crippen LogP contribution in [0.4, 0.5) is 0 Å². The number of methoxy groups -OCH3 is 1. The molecule has 0 aliphatic rings. The topological polar surface area (TPSA) is 83.1 Å². The second-order valence-corrected chi connectivity index (χ2v) is 8.24. The fraction of sp³-hybridized carbons (Fsp3) is 0.263. The van der Waals surface area contributed by atoms with Crippen LogP contribution in [0.5, 0.6) is 5.75 Å². The Labute approximate surface area is 175 Å². The molecule has 0 spiro atoms. The molecule has 146 valence electrons. The van der Waals surface area contributed by atoms with E-state index in [-0.39, 0.29) is 11.5 Å². The number of nitrogens with zero attached hydrogens (tertiary/aromatic N) is 4. The van der Waals surface area contributed by atoms with Gasteiger partial charge >= 0.3 is 0 Å². The first-order chi connectivity index (χ1) is 13.4. The van der Waals surface area contributed by atoms with E-state index in [1.807, 2.05) is 54.8 Å². The van der Waals surface area contributed by atoms with E-state index in [1.165, 1.54) is 11.8 Å². The number of ether oxygens (including phenoxy) is 1. The van der Waals surface area contributed by atoms with Gasteiger partial charge in [0.05, 0.1) is 11.6 Å². The first-order valence-electron chi connectivity index (χ1n) is 8.50. The molecule has 28 heavy (non-hydrogen) atoms. The summed E-state index contributed by atoms with van der Waals surface area (Å²) >= 11 is 4.78. The van der Waals surface area contributed by atoms with Crippen LogP contribution in [0, 0.1) is 24.0 Å². The van der Waals surface area contributed by atoms with Gasteiger partial charge in [-0.05, 0) is 59.6 Å². The van der Waals surface area contributed by atoms with E-state index in [9.17, 15) is 10.1 Å². The van der Waals surface area contributed by atoms with Crippen LogP contribution in [0.15, 0.2) is 52.1 Å². The Morgan fingerprint density at radius 2 is 1.93 bits per heavy atom. The molecule has 0 unspecified atom stereocenters. The predicted molar refractivity (Wildman–Crippen MR) is 112 cm³/mol. The molecule has 0 saturated heterocycles. The Balaban J connectivity index is 1.97. The third-order valence-corrected chi connectivity index (χ3v) is 6.00. The van der Waals surface area contributed by atoms with Gasteiger partial charge in [0.25, 0.3) is 0 Å². The zero-order valence-electron chi connectivity index (χ0n) is 15.6. The summed E-state index contributed by atoms with van der Waals surface area (Å²) in [5, 5.41) is 19.9. The lowest BCUT2D eigenvalue weighted by Crippen LogP contribution is -2.11. The van der Waals surface area contributed by atoms with Crippen molar-refractivity contribution >= 4 is 27.7 Å². The van der Waals surface area contributed by atoms with Gasteiger partial charge in [0.15, 0.2) is 5.16 Å². The summed E-state index contributed by atoms with van der Waals surface area (Å²) < 4.78 is 7.92. The van der Waals surface area contributed by atoms with Crippen molar-refractivity contribution in [3.05, 3.63) is 74.0 Å². The Kier molecular flexibility index (Phi) is 6.35. The van der Waals surface area contributed by atoms with Gasteiger partial charge in [-0.15, -0.1) is 10.2 Å². The van der Waals surface area contributed by atoms with Crippen molar-refractivity contribution in [2.45, 2.75) is 24.3 Å². The van der Waals surface area contributed by atoms with Crippen molar-refractivity contribution < 1.29 is 9.66 Å². The van der Waals surface area contributed by atoms with Crippen LogP contribution in [0.3, 0.4) is 0 Å². The zero-order valence-corrected chi connectivity index (χ0v) is 18.0. The number of thioether (sulfide) groups is 1. The normalized spacial score (nSPS) is 12.0. The molecule has 9 heteroatoms. The third-order valence-electron chi connectivity index (χ3n) is 4.20. The van der Waals surface area contributed by atoms with Gasteiger partial charge in [0.2, 0.25) is 6.54 Å². The van der Waals surface area contributed by atoms with Gasteiger partial charge < -0.3 is 4.74 Å². The minimum Gasteiger partial charge on any atom is -0.496 e. The van der Waals surface area contributed by atoms with Crippen molar-refractivity contribution in [3.63, 3.8) is 0 Å². The molecule has 0 fully saturated rings. The van der Waals surface area contributed by atoms with E-state index in [1.54, 1.807) is 13.2 Å². The molecule has 3 aromatic rings. The monoisotopic (exact) mass is 462 g/mol. The summed E-state index contributed by atoms with van der Waals surface area (Å²) in [6, 6.07) is 13.5. The van der Waals surface area contributed by atoms with Gasteiger partial charge in [0.1, 0.15) is 16.8 Å². The highest BCUT2D eigenvalue weighted by atomic mass is 79.9. The molecule has 0 bridgehead atoms. The Hall–Kier alpha value is -2.39. The summed E-state index contributed by atoms with van der Waals surface area (Å²) in [7, 11) is 1.58. The molecular weight excluding hydrogens is 444 g/mol. The van der Waals surface area contributed by atoms with E-state index < -0.39 is 5.25 Å². The molecule has 2 aromatic carbocycles. The molecule has 1 heterocycles. The predicted octanol–water partition coefficient (Wildman–Crippen LogP) is 4.77. The number of halogens is 1. The minimum absolute atomic E-state index is 0.233. The fourth-order valence-electron chi connectivity index (χ4n) is 2.77. The van der Waals surface area contributed by atoms with Crippen LogP contribution >= 0.6 is 27.7 Å². The minimum atomic E-state index is -0.426. The van der Waals surface area contributed by atoms with Gasteiger partial charge in [-0.2, -0.15) is 0 Å². The van der Waals surface area contributed by atoms with Crippen molar-refractivity contribution in [3.8, 4) is 11.4 Å². The number of aromatic nitrogens is 3. The summed E-state index contributed by atoms with van der Waals surface area (Å²) in [6.45, 7) is 3.65. The van der Waals surface area contributed by atoms with Crippen LogP contribution in [-0.4, -0.2) is 33.3 Å². The van der Waals surface area contributed by atoms with Crippen LogP contribution < -0.4 is 4.74 Å². The number of rotatable bonds is 7. The summed E-state index contributed by atoms with van der Waals surface area (Å²) in [4.78, 5) is 11.0. The van der Waals surface area contributed by atoms with Gasteiger partial charge in [0, 0.05) is 10.6 Å². The van der Waals surface area contributed by atoms with E-state index >= 15 is 0 Å². The lowest BCUT2D eigenvalue weighted by molar-refractivity contribution is -0.479. The van der Waals surface area contributed by atoms with Crippen molar-refractivity contribution in [1.82, 2.24) is 14.8 Å². The number of hydrogen-bond donors (Lipinski definition) is 0. The average Bonchev–Trinajstić information content (AvgIpc) is 3.02. The molecule has 1 atom stereocenters. The van der Waals surface area contributed by atoms with Crippen LogP contribution in [0.1, 0.15) is 22.2 Å². The quantitative estimate of drug-likeness (QED) is 0.285. The smallest absolute Gasteiger partial charge is 0.220 e. The molecule has 0 saturated carbocycles. The fourth-order valence-corrected chi connectivity index (χ4v) is 4.49. The van der Waals surface area contributed by atoms with E-state index in [0.29, 0.717) is 10.9 Å². The maximum atomic E-state index is 11.3. The SMILES string of the molecule is COc1ccc([C@H](C[N+](=O)[O-])Sc2nnc(C)n2-c2ccc(C)cc2)cc1Br. The summed E-state index contributed by atoms with van der Waals surface area (Å²) in [5.74, 6) is 1.40. The lowest BCUT2D eigenvalue weighted by atomic mass is 10.1. The van der Waals surface area contributed by atoms with Crippen LogP contribution in [-0.2, 0) is 0 Å². The number of hydrogen-bond acceptors (Lipinski definition) is 6. The largest absolute Gasteiger partial charge is 0.496 e. The van der Waals surface area contributed by atoms with Crippen LogP contribution in [0.25, 0.3) is 5.69 Å². The standard InChI is InChI=1S/C19H19BrN4O3S/c1-12-4-7-15(8-5-12)24-13(2)21-22-19(24)28-18(11-23(25)26)14-6-9-17(27-3)16(20)10-14/h4-10,18H,11H2,1-3H3/t18-/m0/s1. The Morgan fingerprint density at radius 3 is 2.54 bits per heavy atom. The first kappa shape index (κ1) is 20.3. The summed E-state index contributed by atoms with van der Waals surface area (Å²) in [5.41, 5.74) is 2.88. The lowest BCUT2D eigenvalue weighted by Gasteiger charge is -2.15. The number of aryl methyl sites for hydroxylation is 2. The second-order valence-electron chi connectivity index (χ2n) is 6.22. The zero-order chi connectivity index (χ0) is 20.3. The molecule has 3 rings (SSSR count). The Morgan fingerprint density at radius 1 is 1.21 bits per heavy atom. The van der Waals surface area contributed by atoms with Gasteiger partial charge in [-0.3, -0.25) is 14.7 Å². The van der Waals surface area contributed by atoms with Crippen molar-refractivity contribution in [1.29, 1.82) is 0 Å². The van der Waals surface area contributed by atoms with Crippen molar-refractivity contribution in [2.75, 3.05) is 13.7 Å². The first-order valence-corrected chi connectivity index (χ1v) is 10.2. The number of nitro groups is 1. The van der Waals surface area contributed by atoms with E-state index in [0.717, 1.165) is 27.1 Å². The molecular formula is C19H19BrN4O3S. The molecule has 7 nitrogen and oxygen atoms in total. The average molecular weight is 463 g/mol. The molecule has 0 aliphatic carbocycles. The molecule has 0 radical (unpaired) electrons. The van der Waals surface area contributed by atoms with Gasteiger partial charge in [-0.25, -0.2) is 0 Å². The van der Waals surface area contributed by atoms with E-state index in [2.05, 4.69) is 26.1 Å². The maximum Gasteiger partial charge on any atom is 0.220 e. The number of benzene rings is 2. The highest BCUT2D eigenvalue weighted by Crippen LogP contribution is 2.38. The maximum absolute atomic E-state index is 11.3. The van der Waals surface area contributed by atoms with E-state index in [4.69, 9.17) is 4.74 Å². The molecule has 1 aromatic heterocycles. The Bertz CT molecular complexity index is 991. The second kappa shape index (κ2) is 8.74. The molecule has 0 amide bonds. The summed E-state index contributed by atoms with van der Waals surface area (Å²) in [6.07, 6.45) is 0. The molecule has 0 aliphatic heterocycles. The van der Waals surface area contributed by atoms with Crippen LogP contribution in [0.2, 0.25) is 0 Å². The third kappa shape index (κ3) is 4.53. The van der Waals surface area contributed by atoms with Gasteiger partial charge in [-0.1, -0.05) is 35.5 Å². The highest BCUT2D eigenvalue weighted by molar-refractivity contribution is 9.10.